The number of allylic oxidation sites excluding steroid dienone is 5. The lowest BCUT2D eigenvalue weighted by Gasteiger charge is -2.11. The SMILES string of the molecule is C=NCC(/C=N/C)=C1\C(=C\c2cc3c(s2)c2sc(/C=C4\C(=O)c5cc(F)c(F)cc5C4=C(C#N)C#N)cc2n3CC(C)CC)C(=O)c2cc(F)c(F)cc21. The topological polar surface area (TPSA) is 111 Å². The van der Waals surface area contributed by atoms with E-state index < -0.39 is 40.4 Å². The van der Waals surface area contributed by atoms with Gasteiger partial charge < -0.3 is 4.57 Å². The van der Waals surface area contributed by atoms with Gasteiger partial charge in [0.2, 0.25) is 0 Å². The maximum absolute atomic E-state index is 14.6. The quantitative estimate of drug-likeness (QED) is 0.0678. The zero-order chi connectivity index (χ0) is 38.6. The molecule has 0 saturated heterocycles. The number of fused-ring (bicyclic) bond motifs is 5. The second-order valence-corrected chi connectivity index (χ2v) is 15.1. The fraction of sp³-hybridized carbons (Fsp3) is 0.171. The number of ketones is 2. The molecule has 2 aliphatic carbocycles. The van der Waals surface area contributed by atoms with Gasteiger partial charge in [-0.05, 0) is 77.9 Å². The Morgan fingerprint density at radius 1 is 0.815 bits per heavy atom. The van der Waals surface area contributed by atoms with Crippen molar-refractivity contribution in [2.24, 2.45) is 15.9 Å². The van der Waals surface area contributed by atoms with Crippen molar-refractivity contribution in [3.63, 3.8) is 0 Å². The van der Waals surface area contributed by atoms with Gasteiger partial charge in [-0.25, -0.2) is 17.6 Å². The van der Waals surface area contributed by atoms with Gasteiger partial charge in [0.25, 0.3) is 0 Å². The smallest absolute Gasteiger partial charge is 0.194 e. The number of aromatic nitrogens is 1. The molecule has 0 saturated carbocycles. The van der Waals surface area contributed by atoms with Crippen molar-refractivity contribution in [2.75, 3.05) is 13.6 Å². The summed E-state index contributed by atoms with van der Waals surface area (Å²) in [5.74, 6) is -5.50. The zero-order valence-electron chi connectivity index (χ0n) is 29.0. The molecule has 268 valence electrons. The van der Waals surface area contributed by atoms with Crippen LogP contribution in [0.5, 0.6) is 0 Å². The van der Waals surface area contributed by atoms with E-state index in [-0.39, 0.29) is 51.4 Å². The van der Waals surface area contributed by atoms with Gasteiger partial charge in [-0.15, -0.1) is 22.7 Å². The van der Waals surface area contributed by atoms with Crippen LogP contribution in [-0.2, 0) is 6.54 Å². The van der Waals surface area contributed by atoms with Crippen molar-refractivity contribution in [2.45, 2.75) is 26.8 Å². The Kier molecular flexibility index (Phi) is 9.48. The van der Waals surface area contributed by atoms with Crippen LogP contribution in [0.25, 0.3) is 43.7 Å². The summed E-state index contributed by atoms with van der Waals surface area (Å²) in [7, 11) is 1.55. The third-order valence-corrected chi connectivity index (χ3v) is 11.9. The lowest BCUT2D eigenvalue weighted by molar-refractivity contribution is 0.103. The highest BCUT2D eigenvalue weighted by atomic mass is 32.1. The summed E-state index contributed by atoms with van der Waals surface area (Å²) in [6.07, 6.45) is 5.65. The van der Waals surface area contributed by atoms with Crippen LogP contribution < -0.4 is 0 Å². The van der Waals surface area contributed by atoms with Gasteiger partial charge in [0.05, 0.1) is 27.0 Å². The van der Waals surface area contributed by atoms with Crippen molar-refractivity contribution < 1.29 is 27.2 Å². The minimum Gasteiger partial charge on any atom is -0.339 e. The first-order chi connectivity index (χ1) is 25.9. The van der Waals surface area contributed by atoms with Crippen LogP contribution in [0.1, 0.15) is 61.9 Å². The number of carbonyl (C=O) groups is 2. The molecule has 7 rings (SSSR count). The Balaban J connectivity index is 1.42. The van der Waals surface area contributed by atoms with E-state index in [1.54, 1.807) is 25.3 Å². The molecule has 1 unspecified atom stereocenters. The van der Waals surface area contributed by atoms with Gasteiger partial charge in [-0.1, -0.05) is 20.3 Å². The molecule has 0 N–H and O–H groups in total. The summed E-state index contributed by atoms with van der Waals surface area (Å²) in [6.45, 7) is 8.48. The molecule has 0 radical (unpaired) electrons. The molecule has 2 aliphatic rings. The molecule has 0 bridgehead atoms. The van der Waals surface area contributed by atoms with Crippen molar-refractivity contribution >= 4 is 90.9 Å². The molecule has 13 heteroatoms. The second kappa shape index (κ2) is 14.1. The van der Waals surface area contributed by atoms with Crippen LogP contribution in [0, 0.1) is 51.8 Å². The van der Waals surface area contributed by atoms with Gasteiger partial charge in [-0.2, -0.15) is 10.5 Å². The summed E-state index contributed by atoms with van der Waals surface area (Å²) in [4.78, 5) is 36.8. The Labute approximate surface area is 314 Å². The molecule has 3 heterocycles. The predicted octanol–water partition coefficient (Wildman–Crippen LogP) is 10.0. The van der Waals surface area contributed by atoms with E-state index in [1.807, 2.05) is 12.1 Å². The van der Waals surface area contributed by atoms with E-state index in [9.17, 15) is 37.7 Å². The van der Waals surface area contributed by atoms with Gasteiger partial charge in [-0.3, -0.25) is 19.6 Å². The molecular formula is C41H27F4N5O2S2. The normalized spacial score (nSPS) is 16.9. The van der Waals surface area contributed by atoms with E-state index in [2.05, 4.69) is 35.1 Å². The molecule has 0 amide bonds. The third-order valence-electron chi connectivity index (χ3n) is 9.55. The molecule has 5 aromatic rings. The number of halogens is 4. The average molecular weight is 762 g/mol. The number of thiophene rings is 2. The Morgan fingerprint density at radius 3 is 1.72 bits per heavy atom. The van der Waals surface area contributed by atoms with Crippen molar-refractivity contribution in [1.82, 2.24) is 4.57 Å². The Hall–Kier alpha value is -6.02. The van der Waals surface area contributed by atoms with Crippen LogP contribution in [0.4, 0.5) is 17.6 Å². The summed E-state index contributed by atoms with van der Waals surface area (Å²) < 4.78 is 61.5. The van der Waals surface area contributed by atoms with Crippen LogP contribution in [0.2, 0.25) is 0 Å². The van der Waals surface area contributed by atoms with Crippen LogP contribution in [0.3, 0.4) is 0 Å². The number of hydrogen-bond acceptors (Lipinski definition) is 8. The molecule has 0 spiro atoms. The molecule has 0 aliphatic heterocycles. The van der Waals surface area contributed by atoms with Crippen LogP contribution in [-0.4, -0.2) is 42.7 Å². The number of nitriles is 2. The number of hydrogen-bond donors (Lipinski definition) is 0. The summed E-state index contributed by atoms with van der Waals surface area (Å²) >= 11 is 2.77. The number of benzene rings is 2. The highest BCUT2D eigenvalue weighted by molar-refractivity contribution is 7.28. The summed E-state index contributed by atoms with van der Waals surface area (Å²) in [5, 5.41) is 19.5. The predicted molar refractivity (Wildman–Crippen MR) is 206 cm³/mol. The number of aliphatic imine (C=N–C) groups is 2. The van der Waals surface area contributed by atoms with Gasteiger partial charge in [0.15, 0.2) is 34.8 Å². The molecule has 7 nitrogen and oxygen atoms in total. The third kappa shape index (κ3) is 5.86. The zero-order valence-corrected chi connectivity index (χ0v) is 30.6. The first-order valence-electron chi connectivity index (χ1n) is 16.6. The van der Waals surface area contributed by atoms with Crippen molar-refractivity contribution in [3.8, 4) is 12.1 Å². The maximum Gasteiger partial charge on any atom is 0.194 e. The van der Waals surface area contributed by atoms with E-state index in [1.165, 1.54) is 35.0 Å². The highest BCUT2D eigenvalue weighted by Gasteiger charge is 2.36. The molecule has 2 aromatic carbocycles. The lowest BCUT2D eigenvalue weighted by atomic mass is 9.98. The van der Waals surface area contributed by atoms with E-state index >= 15 is 0 Å². The number of Topliss-reactive ketones (excluding diaryl/α,β-unsaturated/α-hetero) is 2. The lowest BCUT2D eigenvalue weighted by Crippen LogP contribution is -2.05. The first-order valence-corrected chi connectivity index (χ1v) is 18.3. The van der Waals surface area contributed by atoms with E-state index in [4.69, 9.17) is 0 Å². The minimum atomic E-state index is -1.22. The number of rotatable bonds is 8. The average Bonchev–Trinajstić information content (AvgIpc) is 3.92. The highest BCUT2D eigenvalue weighted by Crippen LogP contribution is 2.46. The molecular weight excluding hydrogens is 735 g/mol. The fourth-order valence-electron chi connectivity index (χ4n) is 6.90. The maximum atomic E-state index is 14.6. The molecule has 1 atom stereocenters. The first kappa shape index (κ1) is 36.3. The summed E-state index contributed by atoms with van der Waals surface area (Å²) in [5.41, 5.74) is 2.52. The molecule has 54 heavy (non-hydrogen) atoms. The molecule has 0 fully saturated rings. The Morgan fingerprint density at radius 2 is 1.28 bits per heavy atom. The van der Waals surface area contributed by atoms with Crippen molar-refractivity contribution in [1.29, 1.82) is 10.5 Å². The second-order valence-electron chi connectivity index (χ2n) is 12.9. The largest absolute Gasteiger partial charge is 0.339 e. The Bertz CT molecular complexity index is 2750. The number of nitrogens with zero attached hydrogens (tertiary/aromatic N) is 5. The summed E-state index contributed by atoms with van der Waals surface area (Å²) in [6, 6.07) is 11.0. The monoisotopic (exact) mass is 761 g/mol. The minimum absolute atomic E-state index is 0.0229. The standard InChI is InChI=1S/C41H27F4N5O2S2/c1-5-19(2)18-50-34-8-22(6-28-36(20(14-46)15-47)24-10-30(42)32(44)12-26(24)38(28)51)53-40(34)41-35(50)9-23(54-41)7-29-37(21(16-48-3)17-49-4)25-11-31(43)33(45)13-27(25)39(29)52/h6-13,17,19H,3,5,16,18H2,1-2,4H3/b28-6-,29-7-,37-21+,49-17+. The van der Waals surface area contributed by atoms with Gasteiger partial charge in [0, 0.05) is 63.0 Å². The van der Waals surface area contributed by atoms with Crippen molar-refractivity contribution in [3.05, 3.63) is 114 Å². The van der Waals surface area contributed by atoms with Gasteiger partial charge in [0.1, 0.15) is 17.7 Å². The van der Waals surface area contributed by atoms with E-state index in [0.29, 0.717) is 27.4 Å². The fourth-order valence-corrected chi connectivity index (χ4v) is 9.26. The number of carbonyl (C=O) groups excluding carboxylic acids is 2. The van der Waals surface area contributed by atoms with Gasteiger partial charge >= 0.3 is 0 Å². The molecule has 3 aromatic heterocycles. The van der Waals surface area contributed by atoms with Crippen LogP contribution >= 0.6 is 22.7 Å². The van der Waals surface area contributed by atoms with E-state index in [0.717, 1.165) is 51.1 Å². The van der Waals surface area contributed by atoms with Crippen LogP contribution in [0.15, 0.2) is 68.7 Å².